The molecule has 0 aliphatic heterocycles. The molecule has 0 bridgehead atoms. The van der Waals surface area contributed by atoms with Gasteiger partial charge in [0.2, 0.25) is 10.0 Å². The van der Waals surface area contributed by atoms with E-state index in [9.17, 15) is 13.2 Å². The molecule has 96 valence electrons. The van der Waals surface area contributed by atoms with Gasteiger partial charge in [0.1, 0.15) is 0 Å². The lowest BCUT2D eigenvalue weighted by Gasteiger charge is -2.08. The van der Waals surface area contributed by atoms with E-state index < -0.39 is 21.2 Å². The average Bonchev–Trinajstić information content (AvgIpc) is 2.66. The van der Waals surface area contributed by atoms with E-state index in [-0.39, 0.29) is 18.8 Å². The Balaban J connectivity index is 2.49. The predicted molar refractivity (Wildman–Crippen MR) is 59.0 cm³/mol. The van der Waals surface area contributed by atoms with E-state index >= 15 is 0 Å². The smallest absolute Gasteiger partial charge is 0.358 e. The van der Waals surface area contributed by atoms with Crippen LogP contribution >= 0.6 is 0 Å². The van der Waals surface area contributed by atoms with Crippen LogP contribution in [0.5, 0.6) is 0 Å². The van der Waals surface area contributed by atoms with Crippen LogP contribution in [-0.4, -0.2) is 46.3 Å². The van der Waals surface area contributed by atoms with Gasteiger partial charge in [-0.15, -0.1) is 5.10 Å². The summed E-state index contributed by atoms with van der Waals surface area (Å²) in [4.78, 5) is 10.5. The molecule has 1 rings (SSSR count). The van der Waals surface area contributed by atoms with Crippen molar-refractivity contribution in [3.8, 4) is 0 Å². The summed E-state index contributed by atoms with van der Waals surface area (Å²) in [6.07, 6.45) is 1.24. The number of hydrogen-bond acceptors (Lipinski definition) is 5. The average molecular weight is 262 g/mol. The zero-order valence-electron chi connectivity index (χ0n) is 9.49. The largest absolute Gasteiger partial charge is 0.476 e. The molecular weight excluding hydrogens is 248 g/mol. The first kappa shape index (κ1) is 13.6. The molecule has 0 aromatic carbocycles. The Morgan fingerprint density at radius 2 is 2.24 bits per heavy atom. The Bertz CT molecular complexity index is 493. The third-order valence-electron chi connectivity index (χ3n) is 2.02. The minimum atomic E-state index is -3.31. The number of carboxylic acid groups (broad SMARTS) is 1. The van der Waals surface area contributed by atoms with Crippen LogP contribution in [-0.2, 0) is 16.6 Å². The topological polar surface area (TPSA) is 114 Å². The van der Waals surface area contributed by atoms with Crippen molar-refractivity contribution in [2.45, 2.75) is 25.6 Å². The monoisotopic (exact) mass is 262 g/mol. The molecule has 0 spiro atoms. The molecule has 1 aromatic heterocycles. The Morgan fingerprint density at radius 1 is 1.59 bits per heavy atom. The SMILES string of the molecule is CC(C)S(=O)(=O)NCCn1cc(C(=O)O)nn1. The number of nitrogens with zero attached hydrogens (tertiary/aromatic N) is 3. The summed E-state index contributed by atoms with van der Waals surface area (Å²) >= 11 is 0. The molecule has 9 heteroatoms. The van der Waals surface area contributed by atoms with Gasteiger partial charge in [0.15, 0.2) is 5.69 Å². The molecule has 1 aromatic rings. The maximum absolute atomic E-state index is 11.4. The number of carbonyl (C=O) groups is 1. The first-order valence-electron chi connectivity index (χ1n) is 4.95. The highest BCUT2D eigenvalue weighted by molar-refractivity contribution is 7.90. The number of aromatic carboxylic acids is 1. The highest BCUT2D eigenvalue weighted by Crippen LogP contribution is 1.96. The van der Waals surface area contributed by atoms with Gasteiger partial charge < -0.3 is 5.11 Å². The van der Waals surface area contributed by atoms with Gasteiger partial charge in [0.05, 0.1) is 18.0 Å². The van der Waals surface area contributed by atoms with Gasteiger partial charge in [-0.2, -0.15) is 0 Å². The van der Waals surface area contributed by atoms with E-state index in [1.165, 1.54) is 10.9 Å². The molecule has 0 aliphatic rings. The minimum Gasteiger partial charge on any atom is -0.476 e. The van der Waals surface area contributed by atoms with Gasteiger partial charge in [-0.05, 0) is 13.8 Å². The van der Waals surface area contributed by atoms with Crippen molar-refractivity contribution < 1.29 is 18.3 Å². The number of aromatic nitrogens is 3. The maximum Gasteiger partial charge on any atom is 0.358 e. The lowest BCUT2D eigenvalue weighted by Crippen LogP contribution is -2.33. The first-order valence-corrected chi connectivity index (χ1v) is 6.49. The second-order valence-electron chi connectivity index (χ2n) is 3.66. The predicted octanol–water partition coefficient (Wildman–Crippen LogP) is -0.696. The van der Waals surface area contributed by atoms with Crippen LogP contribution in [0.25, 0.3) is 0 Å². The molecule has 0 saturated heterocycles. The summed E-state index contributed by atoms with van der Waals surface area (Å²) in [6.45, 7) is 3.51. The van der Waals surface area contributed by atoms with E-state index in [0.29, 0.717) is 0 Å². The van der Waals surface area contributed by atoms with Crippen molar-refractivity contribution in [2.24, 2.45) is 0 Å². The van der Waals surface area contributed by atoms with Gasteiger partial charge >= 0.3 is 5.97 Å². The van der Waals surface area contributed by atoms with Crippen LogP contribution < -0.4 is 4.72 Å². The third-order valence-corrected chi connectivity index (χ3v) is 3.87. The molecule has 2 N–H and O–H groups in total. The summed E-state index contributed by atoms with van der Waals surface area (Å²) < 4.78 is 26.4. The molecule has 0 saturated carbocycles. The molecular formula is C8H14N4O4S. The van der Waals surface area contributed by atoms with Gasteiger partial charge in [-0.25, -0.2) is 17.9 Å². The van der Waals surface area contributed by atoms with Crippen molar-refractivity contribution in [3.05, 3.63) is 11.9 Å². The Kier molecular flexibility index (Phi) is 4.18. The second kappa shape index (κ2) is 5.23. The summed E-state index contributed by atoms with van der Waals surface area (Å²) in [5.41, 5.74) is -0.170. The van der Waals surface area contributed by atoms with Gasteiger partial charge in [0, 0.05) is 6.54 Å². The Hall–Kier alpha value is -1.48. The molecule has 0 aliphatic carbocycles. The van der Waals surface area contributed by atoms with Gasteiger partial charge in [0.25, 0.3) is 0 Å². The number of rotatable bonds is 6. The lowest BCUT2D eigenvalue weighted by molar-refractivity contribution is 0.0690. The van der Waals surface area contributed by atoms with Crippen LogP contribution in [0, 0.1) is 0 Å². The lowest BCUT2D eigenvalue weighted by atomic mass is 10.5. The van der Waals surface area contributed by atoms with Crippen molar-refractivity contribution in [2.75, 3.05) is 6.54 Å². The van der Waals surface area contributed by atoms with E-state index in [0.717, 1.165) is 0 Å². The van der Waals surface area contributed by atoms with E-state index in [1.54, 1.807) is 13.8 Å². The number of carboxylic acids is 1. The maximum atomic E-state index is 11.4. The van der Waals surface area contributed by atoms with Crippen molar-refractivity contribution in [1.82, 2.24) is 19.7 Å². The van der Waals surface area contributed by atoms with Crippen LogP contribution in [0.4, 0.5) is 0 Å². The summed E-state index contributed by atoms with van der Waals surface area (Å²) in [5.74, 6) is -1.17. The van der Waals surface area contributed by atoms with E-state index in [1.807, 2.05) is 0 Å². The summed E-state index contributed by atoms with van der Waals surface area (Å²) in [5, 5.41) is 15.0. The van der Waals surface area contributed by atoms with Crippen molar-refractivity contribution in [1.29, 1.82) is 0 Å². The zero-order chi connectivity index (χ0) is 13.1. The van der Waals surface area contributed by atoms with Crippen LogP contribution in [0.3, 0.4) is 0 Å². The summed E-state index contributed by atoms with van der Waals surface area (Å²) in [7, 11) is -3.31. The van der Waals surface area contributed by atoms with Gasteiger partial charge in [-0.3, -0.25) is 4.68 Å². The molecule has 17 heavy (non-hydrogen) atoms. The molecule has 8 nitrogen and oxygen atoms in total. The summed E-state index contributed by atoms with van der Waals surface area (Å²) in [6, 6.07) is 0. The second-order valence-corrected chi connectivity index (χ2v) is 5.98. The van der Waals surface area contributed by atoms with E-state index in [2.05, 4.69) is 15.0 Å². The van der Waals surface area contributed by atoms with Crippen LogP contribution in [0.15, 0.2) is 6.20 Å². The van der Waals surface area contributed by atoms with Crippen molar-refractivity contribution >= 4 is 16.0 Å². The highest BCUT2D eigenvalue weighted by atomic mass is 32.2. The fraction of sp³-hybridized carbons (Fsp3) is 0.625. The number of hydrogen-bond donors (Lipinski definition) is 2. The van der Waals surface area contributed by atoms with Crippen LogP contribution in [0.1, 0.15) is 24.3 Å². The molecule has 0 amide bonds. The highest BCUT2D eigenvalue weighted by Gasteiger charge is 2.14. The Morgan fingerprint density at radius 3 is 2.71 bits per heavy atom. The standard InChI is InChI=1S/C8H14N4O4S/c1-6(2)17(15,16)9-3-4-12-5-7(8(13)14)10-11-12/h5-6,9H,3-4H2,1-2H3,(H,13,14). The zero-order valence-corrected chi connectivity index (χ0v) is 10.3. The quantitative estimate of drug-likeness (QED) is 0.701. The minimum absolute atomic E-state index is 0.142. The van der Waals surface area contributed by atoms with E-state index in [4.69, 9.17) is 5.11 Å². The fourth-order valence-electron chi connectivity index (χ4n) is 0.975. The van der Waals surface area contributed by atoms with Crippen molar-refractivity contribution in [3.63, 3.8) is 0 Å². The third kappa shape index (κ3) is 3.79. The molecule has 1 heterocycles. The first-order chi connectivity index (χ1) is 7.83. The fourth-order valence-corrected chi connectivity index (χ4v) is 1.68. The number of nitrogens with one attached hydrogen (secondary N) is 1. The molecule has 0 fully saturated rings. The normalized spacial score (nSPS) is 11.9. The van der Waals surface area contributed by atoms with Crippen LogP contribution in [0.2, 0.25) is 0 Å². The molecule has 0 radical (unpaired) electrons. The van der Waals surface area contributed by atoms with Gasteiger partial charge in [-0.1, -0.05) is 5.21 Å². The molecule has 0 unspecified atom stereocenters. The Labute approximate surface area is 98.7 Å². The number of sulfonamides is 1. The molecule has 0 atom stereocenters.